The lowest BCUT2D eigenvalue weighted by Crippen LogP contribution is -2.31. The maximum Gasteiger partial charge on any atom is 0.231 e. The van der Waals surface area contributed by atoms with Crippen LogP contribution in [-0.2, 0) is 9.59 Å². The monoisotopic (exact) mass is 278 g/mol. The summed E-state index contributed by atoms with van der Waals surface area (Å²) in [6.45, 7) is 3.59. The molecule has 0 spiro atoms. The second-order valence-corrected chi connectivity index (χ2v) is 5.51. The molecule has 0 atom stereocenters. The normalized spacial score (nSPS) is 13.1. The first kappa shape index (κ1) is 14.2. The summed E-state index contributed by atoms with van der Waals surface area (Å²) >= 11 is 0. The number of hydrogen-bond donors (Lipinski definition) is 1. The minimum atomic E-state index is -1.16. The van der Waals surface area contributed by atoms with E-state index >= 15 is 0 Å². The summed E-state index contributed by atoms with van der Waals surface area (Å²) in [5, 5.41) is 13.3. The van der Waals surface area contributed by atoms with Gasteiger partial charge in [0, 0.05) is 24.1 Å². The van der Waals surface area contributed by atoms with E-state index in [4.69, 9.17) is 9.47 Å². The Kier molecular flexibility index (Phi) is 3.83. The number of aliphatic carboxylic acids is 1. The Hall–Kier alpha value is -2.24. The predicted octanol–water partition coefficient (Wildman–Crippen LogP) is 0.910. The second kappa shape index (κ2) is 5.40. The number of anilines is 1. The first-order chi connectivity index (χ1) is 9.35. The van der Waals surface area contributed by atoms with Crippen LogP contribution in [0, 0.1) is 5.41 Å². The topological polar surface area (TPSA) is 87.7 Å². The number of fused-ring (bicyclic) bond motifs is 1. The number of ether oxygens (including phenoxy) is 2. The minimum Gasteiger partial charge on any atom is -0.550 e. The first-order valence-electron chi connectivity index (χ1n) is 6.25. The summed E-state index contributed by atoms with van der Waals surface area (Å²) in [5.74, 6) is -0.196. The second-order valence-electron chi connectivity index (χ2n) is 5.51. The number of carboxylic acids is 1. The third kappa shape index (κ3) is 3.63. The first-order valence-corrected chi connectivity index (χ1v) is 6.25. The van der Waals surface area contributed by atoms with Crippen LogP contribution in [0.4, 0.5) is 5.69 Å². The lowest BCUT2D eigenvalue weighted by Gasteiger charge is -2.24. The smallest absolute Gasteiger partial charge is 0.231 e. The van der Waals surface area contributed by atoms with Gasteiger partial charge in [-0.2, -0.15) is 0 Å². The van der Waals surface area contributed by atoms with E-state index in [1.807, 2.05) is 0 Å². The van der Waals surface area contributed by atoms with Crippen LogP contribution < -0.4 is 19.9 Å². The van der Waals surface area contributed by atoms with Crippen molar-refractivity contribution in [2.24, 2.45) is 5.41 Å². The predicted molar refractivity (Wildman–Crippen MR) is 69.2 cm³/mol. The number of carbonyl (C=O) groups excluding carboxylic acids is 2. The van der Waals surface area contributed by atoms with E-state index in [1.165, 1.54) is 0 Å². The molecule has 20 heavy (non-hydrogen) atoms. The molecule has 0 aromatic heterocycles. The van der Waals surface area contributed by atoms with Crippen molar-refractivity contribution in [3.05, 3.63) is 18.2 Å². The van der Waals surface area contributed by atoms with Crippen molar-refractivity contribution in [1.82, 2.24) is 0 Å². The molecule has 1 aliphatic rings. The van der Waals surface area contributed by atoms with E-state index in [9.17, 15) is 14.7 Å². The number of carbonyl (C=O) groups is 2. The van der Waals surface area contributed by atoms with Crippen molar-refractivity contribution in [1.29, 1.82) is 0 Å². The Morgan fingerprint density at radius 1 is 1.25 bits per heavy atom. The zero-order valence-corrected chi connectivity index (χ0v) is 11.4. The van der Waals surface area contributed by atoms with Crippen molar-refractivity contribution < 1.29 is 24.2 Å². The summed E-state index contributed by atoms with van der Waals surface area (Å²) in [6, 6.07) is 5.09. The fraction of sp³-hybridized carbons (Fsp3) is 0.429. The molecule has 6 heteroatoms. The Labute approximate surface area is 116 Å². The van der Waals surface area contributed by atoms with Gasteiger partial charge >= 0.3 is 0 Å². The third-order valence-corrected chi connectivity index (χ3v) is 2.92. The summed E-state index contributed by atoms with van der Waals surface area (Å²) in [4.78, 5) is 22.5. The Morgan fingerprint density at radius 2 is 1.95 bits per heavy atom. The van der Waals surface area contributed by atoms with Gasteiger partial charge in [0.2, 0.25) is 12.7 Å². The minimum absolute atomic E-state index is 0.0927. The maximum atomic E-state index is 11.9. The zero-order valence-electron chi connectivity index (χ0n) is 11.4. The van der Waals surface area contributed by atoms with Crippen molar-refractivity contribution >= 4 is 17.6 Å². The molecule has 0 bridgehead atoms. The Balaban J connectivity index is 1.96. The van der Waals surface area contributed by atoms with Crippen LogP contribution in [0.15, 0.2) is 18.2 Å². The van der Waals surface area contributed by atoms with E-state index in [0.717, 1.165) is 0 Å². The number of nitrogens with one attached hydrogen (secondary N) is 1. The van der Waals surface area contributed by atoms with Crippen molar-refractivity contribution in [3.63, 3.8) is 0 Å². The molecule has 108 valence electrons. The molecule has 0 unspecified atom stereocenters. The molecule has 0 fully saturated rings. The quantitative estimate of drug-likeness (QED) is 0.865. The molecule has 1 aliphatic heterocycles. The van der Waals surface area contributed by atoms with Gasteiger partial charge in [0.15, 0.2) is 11.5 Å². The number of carboxylic acid groups (broad SMARTS) is 1. The van der Waals surface area contributed by atoms with Crippen LogP contribution in [0.3, 0.4) is 0 Å². The highest BCUT2D eigenvalue weighted by Gasteiger charge is 2.23. The average Bonchev–Trinajstić information content (AvgIpc) is 2.72. The van der Waals surface area contributed by atoms with Crippen LogP contribution >= 0.6 is 0 Å². The van der Waals surface area contributed by atoms with Gasteiger partial charge in [-0.25, -0.2) is 0 Å². The Bertz CT molecular complexity index is 538. The van der Waals surface area contributed by atoms with Gasteiger partial charge in [-0.05, 0) is 24.0 Å². The average molecular weight is 278 g/mol. The van der Waals surface area contributed by atoms with Gasteiger partial charge in [0.1, 0.15) is 0 Å². The van der Waals surface area contributed by atoms with Crippen molar-refractivity contribution in [3.8, 4) is 11.5 Å². The molecular weight excluding hydrogens is 262 g/mol. The van der Waals surface area contributed by atoms with Gasteiger partial charge in [-0.3, -0.25) is 4.79 Å². The molecule has 0 saturated heterocycles. The zero-order chi connectivity index (χ0) is 14.8. The van der Waals surface area contributed by atoms with Gasteiger partial charge in [-0.1, -0.05) is 13.8 Å². The van der Waals surface area contributed by atoms with Gasteiger partial charge in [-0.15, -0.1) is 0 Å². The van der Waals surface area contributed by atoms with E-state index < -0.39 is 11.4 Å². The molecule has 1 heterocycles. The van der Waals surface area contributed by atoms with Gasteiger partial charge < -0.3 is 24.7 Å². The molecule has 1 N–H and O–H groups in total. The summed E-state index contributed by atoms with van der Waals surface area (Å²) in [7, 11) is 0. The molecule has 1 aromatic carbocycles. The van der Waals surface area contributed by atoms with Crippen LogP contribution in [0.2, 0.25) is 0 Å². The fourth-order valence-electron chi connectivity index (χ4n) is 2.07. The van der Waals surface area contributed by atoms with Gasteiger partial charge in [0.05, 0.1) is 0 Å². The number of benzene rings is 1. The number of amides is 1. The molecule has 6 nitrogen and oxygen atoms in total. The summed E-state index contributed by atoms with van der Waals surface area (Å²) in [5.41, 5.74) is -0.0669. The lowest BCUT2D eigenvalue weighted by molar-refractivity contribution is -0.307. The SMILES string of the molecule is CC(C)(CC(=O)[O-])CC(=O)Nc1ccc2c(c1)OCO2. The van der Waals surface area contributed by atoms with E-state index in [1.54, 1.807) is 32.0 Å². The largest absolute Gasteiger partial charge is 0.550 e. The molecule has 0 radical (unpaired) electrons. The van der Waals surface area contributed by atoms with Crippen LogP contribution in [-0.4, -0.2) is 18.7 Å². The van der Waals surface area contributed by atoms with E-state index in [2.05, 4.69) is 5.32 Å². The fourth-order valence-corrected chi connectivity index (χ4v) is 2.07. The van der Waals surface area contributed by atoms with Crippen LogP contribution in [0.1, 0.15) is 26.7 Å². The highest BCUT2D eigenvalue weighted by Crippen LogP contribution is 2.34. The lowest BCUT2D eigenvalue weighted by atomic mass is 9.85. The summed E-state index contributed by atoms with van der Waals surface area (Å²) in [6.07, 6.45) is -0.0724. The number of rotatable bonds is 5. The molecule has 1 amide bonds. The third-order valence-electron chi connectivity index (χ3n) is 2.92. The standard InChI is InChI=1S/C14H17NO5/c1-14(2,7-13(17)18)6-12(16)15-9-3-4-10-11(5-9)20-8-19-10/h3-5H,6-8H2,1-2H3,(H,15,16)(H,17,18)/p-1. The van der Waals surface area contributed by atoms with Crippen LogP contribution in [0.25, 0.3) is 0 Å². The van der Waals surface area contributed by atoms with Crippen LogP contribution in [0.5, 0.6) is 11.5 Å². The van der Waals surface area contributed by atoms with Gasteiger partial charge in [0.25, 0.3) is 0 Å². The highest BCUT2D eigenvalue weighted by molar-refractivity contribution is 5.91. The molecule has 0 saturated carbocycles. The molecule has 2 rings (SSSR count). The molecule has 1 aromatic rings. The Morgan fingerprint density at radius 3 is 2.65 bits per heavy atom. The maximum absolute atomic E-state index is 11.9. The van der Waals surface area contributed by atoms with Crippen molar-refractivity contribution in [2.75, 3.05) is 12.1 Å². The summed E-state index contributed by atoms with van der Waals surface area (Å²) < 4.78 is 10.4. The number of hydrogen-bond acceptors (Lipinski definition) is 5. The molecular formula is C14H16NO5-. The highest BCUT2D eigenvalue weighted by atomic mass is 16.7. The molecule has 0 aliphatic carbocycles. The van der Waals surface area contributed by atoms with E-state index in [-0.39, 0.29) is 25.5 Å². The van der Waals surface area contributed by atoms with Crippen molar-refractivity contribution in [2.45, 2.75) is 26.7 Å². The van der Waals surface area contributed by atoms with E-state index in [0.29, 0.717) is 17.2 Å².